The third-order valence-electron chi connectivity index (χ3n) is 4.67. The van der Waals surface area contributed by atoms with Gasteiger partial charge in [0.05, 0.1) is 5.41 Å². The zero-order valence-corrected chi connectivity index (χ0v) is 11.6. The van der Waals surface area contributed by atoms with Crippen molar-refractivity contribution in [1.29, 1.82) is 0 Å². The van der Waals surface area contributed by atoms with Gasteiger partial charge in [-0.2, -0.15) is 0 Å². The maximum absolute atomic E-state index is 12.4. The number of carboxylic acid groups (broad SMARTS) is 1. The number of amides is 1. The molecule has 19 heavy (non-hydrogen) atoms. The SMILES string of the molecule is CCCC1(C(=O)O)CCN(C(=O)C2CCC(N)C2)C1. The third-order valence-corrected chi connectivity index (χ3v) is 4.67. The van der Waals surface area contributed by atoms with Gasteiger partial charge in [0.2, 0.25) is 5.91 Å². The van der Waals surface area contributed by atoms with Gasteiger partial charge in [-0.15, -0.1) is 0 Å². The number of rotatable bonds is 4. The Balaban J connectivity index is 2.00. The Morgan fingerprint density at radius 3 is 2.68 bits per heavy atom. The molecule has 1 aliphatic heterocycles. The lowest BCUT2D eigenvalue weighted by atomic mass is 9.83. The average molecular weight is 268 g/mol. The Bertz CT molecular complexity index is 372. The van der Waals surface area contributed by atoms with Crippen molar-refractivity contribution in [2.24, 2.45) is 17.1 Å². The predicted molar refractivity (Wildman–Crippen MR) is 71.5 cm³/mol. The summed E-state index contributed by atoms with van der Waals surface area (Å²) in [6.07, 6.45) is 4.58. The smallest absolute Gasteiger partial charge is 0.311 e. The van der Waals surface area contributed by atoms with Crippen molar-refractivity contribution >= 4 is 11.9 Å². The van der Waals surface area contributed by atoms with Gasteiger partial charge in [-0.25, -0.2) is 0 Å². The second-order valence-corrected chi connectivity index (χ2v) is 6.12. The topological polar surface area (TPSA) is 83.6 Å². The molecule has 2 aliphatic rings. The van der Waals surface area contributed by atoms with Gasteiger partial charge >= 0.3 is 5.97 Å². The van der Waals surface area contributed by atoms with E-state index < -0.39 is 11.4 Å². The molecule has 1 heterocycles. The molecule has 5 nitrogen and oxygen atoms in total. The zero-order chi connectivity index (χ0) is 14.0. The van der Waals surface area contributed by atoms with E-state index >= 15 is 0 Å². The van der Waals surface area contributed by atoms with Gasteiger partial charge in [0.1, 0.15) is 0 Å². The van der Waals surface area contributed by atoms with Crippen molar-refractivity contribution < 1.29 is 14.7 Å². The monoisotopic (exact) mass is 268 g/mol. The molecule has 0 radical (unpaired) electrons. The molecule has 3 N–H and O–H groups in total. The first-order valence-corrected chi connectivity index (χ1v) is 7.26. The molecule has 108 valence electrons. The molecule has 3 atom stereocenters. The lowest BCUT2D eigenvalue weighted by molar-refractivity contribution is -0.149. The lowest BCUT2D eigenvalue weighted by Crippen LogP contribution is -2.39. The summed E-state index contributed by atoms with van der Waals surface area (Å²) >= 11 is 0. The molecule has 0 aromatic rings. The summed E-state index contributed by atoms with van der Waals surface area (Å²) < 4.78 is 0. The van der Waals surface area contributed by atoms with E-state index in [9.17, 15) is 14.7 Å². The highest BCUT2D eigenvalue weighted by molar-refractivity contribution is 5.82. The maximum Gasteiger partial charge on any atom is 0.311 e. The van der Waals surface area contributed by atoms with Gasteiger partial charge < -0.3 is 15.7 Å². The number of carbonyl (C=O) groups is 2. The Kier molecular flexibility index (Phi) is 4.13. The molecule has 1 aliphatic carbocycles. The first-order valence-electron chi connectivity index (χ1n) is 7.26. The Morgan fingerprint density at radius 1 is 1.42 bits per heavy atom. The van der Waals surface area contributed by atoms with Crippen LogP contribution in [-0.4, -0.2) is 41.0 Å². The Labute approximate surface area is 114 Å². The molecule has 0 aromatic carbocycles. The number of nitrogens with zero attached hydrogens (tertiary/aromatic N) is 1. The highest BCUT2D eigenvalue weighted by Crippen LogP contribution is 2.37. The standard InChI is InChI=1S/C14H24N2O3/c1-2-5-14(13(18)19)6-7-16(9-14)12(17)10-3-4-11(15)8-10/h10-11H,2-9,15H2,1H3,(H,18,19). The van der Waals surface area contributed by atoms with E-state index in [1.807, 2.05) is 6.92 Å². The molecule has 5 heteroatoms. The minimum Gasteiger partial charge on any atom is -0.481 e. The number of carbonyl (C=O) groups excluding carboxylic acids is 1. The highest BCUT2D eigenvalue weighted by Gasteiger charge is 2.46. The maximum atomic E-state index is 12.4. The van der Waals surface area contributed by atoms with Gasteiger partial charge in [-0.05, 0) is 32.1 Å². The van der Waals surface area contributed by atoms with Crippen LogP contribution in [0.4, 0.5) is 0 Å². The highest BCUT2D eigenvalue weighted by atomic mass is 16.4. The van der Waals surface area contributed by atoms with E-state index in [1.54, 1.807) is 4.90 Å². The molecule has 1 saturated heterocycles. The van der Waals surface area contributed by atoms with Crippen molar-refractivity contribution in [1.82, 2.24) is 4.90 Å². The molecular weight excluding hydrogens is 244 g/mol. The molecule has 2 rings (SSSR count). The Morgan fingerprint density at radius 2 is 2.16 bits per heavy atom. The van der Waals surface area contributed by atoms with Crippen LogP contribution in [0.15, 0.2) is 0 Å². The van der Waals surface area contributed by atoms with Crippen LogP contribution < -0.4 is 5.73 Å². The van der Waals surface area contributed by atoms with Crippen LogP contribution in [-0.2, 0) is 9.59 Å². The summed E-state index contributed by atoms with van der Waals surface area (Å²) in [7, 11) is 0. The van der Waals surface area contributed by atoms with Gasteiger partial charge in [-0.1, -0.05) is 13.3 Å². The molecular formula is C14H24N2O3. The van der Waals surface area contributed by atoms with E-state index in [0.29, 0.717) is 25.9 Å². The number of carboxylic acids is 1. The summed E-state index contributed by atoms with van der Waals surface area (Å²) in [6.45, 7) is 2.95. The predicted octanol–water partition coefficient (Wildman–Crippen LogP) is 1.22. The van der Waals surface area contributed by atoms with Gasteiger partial charge in [0.25, 0.3) is 0 Å². The van der Waals surface area contributed by atoms with Crippen LogP contribution in [0.3, 0.4) is 0 Å². The lowest BCUT2D eigenvalue weighted by Gasteiger charge is -2.25. The first-order chi connectivity index (χ1) is 8.98. The normalized spacial score (nSPS) is 34.7. The van der Waals surface area contributed by atoms with E-state index in [1.165, 1.54) is 0 Å². The molecule has 0 bridgehead atoms. The number of nitrogens with two attached hydrogens (primary N) is 1. The molecule has 1 saturated carbocycles. The average Bonchev–Trinajstić information content (AvgIpc) is 2.96. The van der Waals surface area contributed by atoms with Crippen LogP contribution in [0.5, 0.6) is 0 Å². The molecule has 2 fully saturated rings. The van der Waals surface area contributed by atoms with Crippen LogP contribution in [0.2, 0.25) is 0 Å². The second kappa shape index (κ2) is 5.49. The first kappa shape index (κ1) is 14.3. The largest absolute Gasteiger partial charge is 0.481 e. The number of hydrogen-bond donors (Lipinski definition) is 2. The molecule has 3 unspecified atom stereocenters. The van der Waals surface area contributed by atoms with E-state index in [2.05, 4.69) is 0 Å². The van der Waals surface area contributed by atoms with E-state index in [-0.39, 0.29) is 17.9 Å². The fourth-order valence-electron chi connectivity index (χ4n) is 3.52. The Hall–Kier alpha value is -1.10. The van der Waals surface area contributed by atoms with Crippen molar-refractivity contribution in [3.63, 3.8) is 0 Å². The number of hydrogen-bond acceptors (Lipinski definition) is 3. The third kappa shape index (κ3) is 2.76. The summed E-state index contributed by atoms with van der Waals surface area (Å²) in [6, 6.07) is 0.136. The fourth-order valence-corrected chi connectivity index (χ4v) is 3.52. The number of likely N-dealkylation sites (tertiary alicyclic amines) is 1. The summed E-state index contributed by atoms with van der Waals surface area (Å²) in [5.41, 5.74) is 5.13. The van der Waals surface area contributed by atoms with Crippen LogP contribution >= 0.6 is 0 Å². The summed E-state index contributed by atoms with van der Waals surface area (Å²) in [5.74, 6) is -0.624. The van der Waals surface area contributed by atoms with Crippen LogP contribution in [0, 0.1) is 11.3 Å². The van der Waals surface area contributed by atoms with Crippen molar-refractivity contribution in [3.05, 3.63) is 0 Å². The van der Waals surface area contributed by atoms with Crippen molar-refractivity contribution in [2.75, 3.05) is 13.1 Å². The van der Waals surface area contributed by atoms with Crippen molar-refractivity contribution in [3.8, 4) is 0 Å². The van der Waals surface area contributed by atoms with Crippen LogP contribution in [0.1, 0.15) is 45.4 Å². The molecule has 0 aromatic heterocycles. The minimum atomic E-state index is -0.757. The summed E-state index contributed by atoms with van der Waals surface area (Å²) in [5, 5.41) is 9.44. The zero-order valence-electron chi connectivity index (χ0n) is 11.6. The van der Waals surface area contributed by atoms with Gasteiger partial charge in [0, 0.05) is 25.0 Å². The molecule has 1 amide bonds. The summed E-state index contributed by atoms with van der Waals surface area (Å²) in [4.78, 5) is 25.6. The van der Waals surface area contributed by atoms with E-state index in [4.69, 9.17) is 5.73 Å². The minimum absolute atomic E-state index is 0.0150. The second-order valence-electron chi connectivity index (χ2n) is 6.12. The van der Waals surface area contributed by atoms with Crippen LogP contribution in [0.25, 0.3) is 0 Å². The van der Waals surface area contributed by atoms with E-state index in [0.717, 1.165) is 25.7 Å². The molecule has 0 spiro atoms. The van der Waals surface area contributed by atoms with Crippen molar-refractivity contribution in [2.45, 2.75) is 51.5 Å². The van der Waals surface area contributed by atoms with Gasteiger partial charge in [0.15, 0.2) is 0 Å². The quantitative estimate of drug-likeness (QED) is 0.803. The van der Waals surface area contributed by atoms with Gasteiger partial charge in [-0.3, -0.25) is 9.59 Å². The fraction of sp³-hybridized carbons (Fsp3) is 0.857. The number of aliphatic carboxylic acids is 1.